The minimum atomic E-state index is 0.546. The van der Waals surface area contributed by atoms with Gasteiger partial charge in [0.2, 0.25) is 0 Å². The highest BCUT2D eigenvalue weighted by Gasteiger charge is 2.33. The molecule has 0 N–H and O–H groups in total. The Morgan fingerprint density at radius 3 is 2.50 bits per heavy atom. The van der Waals surface area contributed by atoms with E-state index < -0.39 is 0 Å². The van der Waals surface area contributed by atoms with E-state index in [4.69, 9.17) is 9.47 Å². The van der Waals surface area contributed by atoms with Crippen LogP contribution in [0.1, 0.15) is 39.0 Å². The average Bonchev–Trinajstić information content (AvgIpc) is 2.32. The van der Waals surface area contributed by atoms with Gasteiger partial charge in [-0.3, -0.25) is 0 Å². The molecule has 3 heteroatoms. The Morgan fingerprint density at radius 2 is 1.89 bits per heavy atom. The molecule has 2 atom stereocenters. The summed E-state index contributed by atoms with van der Waals surface area (Å²) in [5.41, 5.74) is 0. The molecule has 2 fully saturated rings. The molecule has 18 heavy (non-hydrogen) atoms. The summed E-state index contributed by atoms with van der Waals surface area (Å²) in [5, 5.41) is 0. The quantitative estimate of drug-likeness (QED) is 0.728. The minimum absolute atomic E-state index is 0.546. The van der Waals surface area contributed by atoms with E-state index >= 15 is 0 Å². The van der Waals surface area contributed by atoms with E-state index in [1.807, 2.05) is 7.11 Å². The van der Waals surface area contributed by atoms with E-state index in [0.29, 0.717) is 6.10 Å². The molecule has 2 aliphatic rings. The van der Waals surface area contributed by atoms with Gasteiger partial charge < -0.3 is 14.4 Å². The number of nitrogens with zero attached hydrogens (tertiary/aromatic N) is 1. The van der Waals surface area contributed by atoms with Gasteiger partial charge in [0, 0.05) is 33.4 Å². The summed E-state index contributed by atoms with van der Waals surface area (Å²) >= 11 is 0. The lowest BCUT2D eigenvalue weighted by Crippen LogP contribution is -2.46. The van der Waals surface area contributed by atoms with E-state index in [1.54, 1.807) is 7.11 Å². The van der Waals surface area contributed by atoms with Gasteiger partial charge in [-0.25, -0.2) is 0 Å². The number of likely N-dealkylation sites (tertiary alicyclic amines) is 1. The molecule has 0 amide bonds. The van der Waals surface area contributed by atoms with Crippen LogP contribution in [0.3, 0.4) is 0 Å². The normalized spacial score (nSPS) is 37.5. The fraction of sp³-hybridized carbons (Fsp3) is 1.00. The smallest absolute Gasteiger partial charge is 0.0577 e. The van der Waals surface area contributed by atoms with Crippen molar-refractivity contribution in [2.45, 2.75) is 51.2 Å². The predicted octanol–water partition coefficient (Wildman–Crippen LogP) is 2.55. The van der Waals surface area contributed by atoms with Crippen molar-refractivity contribution in [2.75, 3.05) is 33.9 Å². The topological polar surface area (TPSA) is 21.7 Å². The Bertz CT molecular complexity index is 241. The molecule has 2 rings (SSSR count). The molecule has 0 aromatic rings. The first-order valence-corrected chi connectivity index (χ1v) is 7.48. The van der Waals surface area contributed by atoms with Gasteiger partial charge >= 0.3 is 0 Å². The molecule has 0 unspecified atom stereocenters. The number of hydrogen-bond acceptors (Lipinski definition) is 3. The van der Waals surface area contributed by atoms with Gasteiger partial charge in [0.25, 0.3) is 0 Å². The largest absolute Gasteiger partial charge is 0.385 e. The monoisotopic (exact) mass is 255 g/mol. The van der Waals surface area contributed by atoms with Crippen LogP contribution in [0.4, 0.5) is 0 Å². The number of methoxy groups -OCH3 is 2. The van der Waals surface area contributed by atoms with Crippen LogP contribution >= 0.6 is 0 Å². The van der Waals surface area contributed by atoms with Crippen molar-refractivity contribution >= 4 is 0 Å². The molecular formula is C15H29NO2. The predicted molar refractivity (Wildman–Crippen MR) is 73.8 cm³/mol. The lowest BCUT2D eigenvalue weighted by Gasteiger charge is -2.43. The van der Waals surface area contributed by atoms with Gasteiger partial charge in [-0.15, -0.1) is 0 Å². The highest BCUT2D eigenvalue weighted by molar-refractivity contribution is 4.86. The van der Waals surface area contributed by atoms with Gasteiger partial charge in [0.15, 0.2) is 0 Å². The number of rotatable bonds is 6. The van der Waals surface area contributed by atoms with Gasteiger partial charge in [-0.1, -0.05) is 0 Å². The molecule has 0 spiro atoms. The summed E-state index contributed by atoms with van der Waals surface area (Å²) in [6.45, 7) is 5.89. The summed E-state index contributed by atoms with van der Waals surface area (Å²) in [5.74, 6) is 1.76. The zero-order valence-electron chi connectivity index (χ0n) is 12.2. The van der Waals surface area contributed by atoms with E-state index in [2.05, 4.69) is 11.8 Å². The standard InChI is InChI=1S/C15H29NO2/c1-12-8-13(5-7-17-2)4-6-16(12)11-14-9-15(10-14)18-3/h12-15H,4-11H2,1-3H3/t12-,13-,14-,15-/m0/s1. The van der Waals surface area contributed by atoms with E-state index in [0.717, 1.165) is 24.5 Å². The third-order valence-corrected chi connectivity index (χ3v) is 4.87. The van der Waals surface area contributed by atoms with Crippen LogP contribution in [0.25, 0.3) is 0 Å². The van der Waals surface area contributed by atoms with Crippen LogP contribution in [0.15, 0.2) is 0 Å². The zero-order valence-corrected chi connectivity index (χ0v) is 12.2. The maximum absolute atomic E-state index is 5.36. The molecule has 0 aromatic carbocycles. The van der Waals surface area contributed by atoms with Crippen molar-refractivity contribution < 1.29 is 9.47 Å². The highest BCUT2D eigenvalue weighted by atomic mass is 16.5. The summed E-state index contributed by atoms with van der Waals surface area (Å²) in [6.07, 6.45) is 7.03. The average molecular weight is 255 g/mol. The molecule has 0 radical (unpaired) electrons. The Labute approximate surface area is 112 Å². The summed E-state index contributed by atoms with van der Waals surface area (Å²) < 4.78 is 10.6. The summed E-state index contributed by atoms with van der Waals surface area (Å²) in [4.78, 5) is 2.69. The van der Waals surface area contributed by atoms with Gasteiger partial charge in [-0.05, 0) is 57.4 Å². The molecule has 1 heterocycles. The summed E-state index contributed by atoms with van der Waals surface area (Å²) in [6, 6.07) is 0.752. The molecule has 1 aliphatic heterocycles. The van der Waals surface area contributed by atoms with E-state index in [1.165, 1.54) is 45.2 Å². The number of piperidine rings is 1. The van der Waals surface area contributed by atoms with Crippen molar-refractivity contribution in [1.82, 2.24) is 4.90 Å². The van der Waals surface area contributed by atoms with Crippen molar-refractivity contribution in [1.29, 1.82) is 0 Å². The first-order valence-electron chi connectivity index (χ1n) is 7.48. The number of hydrogen-bond donors (Lipinski definition) is 0. The Hall–Kier alpha value is -0.120. The Balaban J connectivity index is 1.66. The fourth-order valence-electron chi connectivity index (χ4n) is 3.48. The first kappa shape index (κ1) is 14.3. The van der Waals surface area contributed by atoms with Gasteiger partial charge in [0.05, 0.1) is 6.10 Å². The Morgan fingerprint density at radius 1 is 1.11 bits per heavy atom. The lowest BCUT2D eigenvalue weighted by molar-refractivity contribution is -0.0217. The molecular weight excluding hydrogens is 226 g/mol. The second-order valence-corrected chi connectivity index (χ2v) is 6.21. The first-order chi connectivity index (χ1) is 8.72. The molecule has 0 bridgehead atoms. The molecule has 0 aromatic heterocycles. The minimum Gasteiger partial charge on any atom is -0.385 e. The Kier molecular flexibility index (Phi) is 5.46. The van der Waals surface area contributed by atoms with Crippen LogP contribution in [0.2, 0.25) is 0 Å². The van der Waals surface area contributed by atoms with Crippen LogP contribution in [-0.4, -0.2) is 51.0 Å². The van der Waals surface area contributed by atoms with Crippen LogP contribution in [0, 0.1) is 11.8 Å². The van der Waals surface area contributed by atoms with Crippen LogP contribution in [-0.2, 0) is 9.47 Å². The zero-order chi connectivity index (χ0) is 13.0. The van der Waals surface area contributed by atoms with Crippen molar-refractivity contribution in [2.24, 2.45) is 11.8 Å². The third-order valence-electron chi connectivity index (χ3n) is 4.87. The highest BCUT2D eigenvalue weighted by Crippen LogP contribution is 2.33. The lowest BCUT2D eigenvalue weighted by atomic mass is 9.80. The van der Waals surface area contributed by atoms with E-state index in [9.17, 15) is 0 Å². The van der Waals surface area contributed by atoms with E-state index in [-0.39, 0.29) is 0 Å². The molecule has 3 nitrogen and oxygen atoms in total. The maximum atomic E-state index is 5.36. The van der Waals surface area contributed by atoms with Crippen LogP contribution < -0.4 is 0 Å². The van der Waals surface area contributed by atoms with Gasteiger partial charge in [-0.2, -0.15) is 0 Å². The van der Waals surface area contributed by atoms with Crippen molar-refractivity contribution in [3.8, 4) is 0 Å². The fourth-order valence-corrected chi connectivity index (χ4v) is 3.48. The van der Waals surface area contributed by atoms with Crippen molar-refractivity contribution in [3.05, 3.63) is 0 Å². The molecule has 1 saturated carbocycles. The summed E-state index contributed by atoms with van der Waals surface area (Å²) in [7, 11) is 3.65. The molecule has 1 aliphatic carbocycles. The van der Waals surface area contributed by atoms with Gasteiger partial charge in [0.1, 0.15) is 0 Å². The molecule has 1 saturated heterocycles. The second kappa shape index (κ2) is 6.88. The number of ether oxygens (including phenoxy) is 2. The maximum Gasteiger partial charge on any atom is 0.0577 e. The molecule has 106 valence electrons. The third kappa shape index (κ3) is 3.69. The van der Waals surface area contributed by atoms with Crippen LogP contribution in [0.5, 0.6) is 0 Å². The SMILES string of the molecule is COCC[C@@H]1CCN(C[C@H]2C[C@H](OC)C2)[C@@H](C)C1. The second-order valence-electron chi connectivity index (χ2n) is 6.21. The van der Waals surface area contributed by atoms with Crippen molar-refractivity contribution in [3.63, 3.8) is 0 Å².